The summed E-state index contributed by atoms with van der Waals surface area (Å²) < 4.78 is 36.1. The SMILES string of the molecule is CCSc1ccc(C(N)CCC(F)(F)F)cc1. The van der Waals surface area contributed by atoms with Gasteiger partial charge in [-0.3, -0.25) is 0 Å². The molecule has 1 rings (SSSR count). The number of halogens is 3. The van der Waals surface area contributed by atoms with Crippen molar-refractivity contribution in [3.8, 4) is 0 Å². The largest absolute Gasteiger partial charge is 0.389 e. The Morgan fingerprint density at radius 3 is 2.29 bits per heavy atom. The average Bonchev–Trinajstić information content (AvgIpc) is 2.26. The Morgan fingerprint density at radius 2 is 1.82 bits per heavy atom. The highest BCUT2D eigenvalue weighted by molar-refractivity contribution is 7.99. The molecular weight excluding hydrogens is 247 g/mol. The van der Waals surface area contributed by atoms with Gasteiger partial charge < -0.3 is 5.73 Å². The molecule has 1 aromatic carbocycles. The summed E-state index contributed by atoms with van der Waals surface area (Å²) in [5.41, 5.74) is 6.48. The van der Waals surface area contributed by atoms with E-state index >= 15 is 0 Å². The first-order chi connectivity index (χ1) is 7.92. The Hall–Kier alpha value is -0.680. The molecule has 0 aliphatic rings. The summed E-state index contributed by atoms with van der Waals surface area (Å²) in [6.07, 6.45) is -5.03. The molecule has 0 amide bonds. The number of thioether (sulfide) groups is 1. The van der Waals surface area contributed by atoms with E-state index < -0.39 is 18.6 Å². The van der Waals surface area contributed by atoms with E-state index in [-0.39, 0.29) is 6.42 Å². The molecule has 5 heteroatoms. The topological polar surface area (TPSA) is 26.0 Å². The standard InChI is InChI=1S/C12H16F3NS/c1-2-17-10-5-3-9(4-6-10)11(16)7-8-12(13,14)15/h3-6,11H,2,7-8,16H2,1H3. The molecule has 1 aromatic rings. The van der Waals surface area contributed by atoms with Crippen LogP contribution in [0.1, 0.15) is 31.4 Å². The average molecular weight is 263 g/mol. The lowest BCUT2D eigenvalue weighted by atomic mass is 10.0. The molecule has 0 radical (unpaired) electrons. The third-order valence-electron chi connectivity index (χ3n) is 2.36. The lowest BCUT2D eigenvalue weighted by Gasteiger charge is -2.13. The molecule has 0 saturated carbocycles. The van der Waals surface area contributed by atoms with E-state index in [0.29, 0.717) is 0 Å². The summed E-state index contributed by atoms with van der Waals surface area (Å²) in [4.78, 5) is 1.11. The monoisotopic (exact) mass is 263 g/mol. The summed E-state index contributed by atoms with van der Waals surface area (Å²) in [5, 5.41) is 0. The maximum absolute atomic E-state index is 12.0. The van der Waals surface area contributed by atoms with Crippen molar-refractivity contribution >= 4 is 11.8 Å². The van der Waals surface area contributed by atoms with Gasteiger partial charge in [0.25, 0.3) is 0 Å². The van der Waals surface area contributed by atoms with Crippen LogP contribution in [0.3, 0.4) is 0 Å². The smallest absolute Gasteiger partial charge is 0.324 e. The van der Waals surface area contributed by atoms with E-state index in [0.717, 1.165) is 16.2 Å². The van der Waals surface area contributed by atoms with Gasteiger partial charge in [0.1, 0.15) is 0 Å². The molecule has 0 heterocycles. The van der Waals surface area contributed by atoms with Crippen LogP contribution in [0, 0.1) is 0 Å². The number of hydrogen-bond donors (Lipinski definition) is 1. The molecule has 0 spiro atoms. The van der Waals surface area contributed by atoms with Crippen LogP contribution in [-0.4, -0.2) is 11.9 Å². The predicted octanol–water partition coefficient (Wildman–Crippen LogP) is 4.14. The third kappa shape index (κ3) is 5.46. The molecule has 17 heavy (non-hydrogen) atoms. The van der Waals surface area contributed by atoms with E-state index in [2.05, 4.69) is 0 Å². The molecule has 2 N–H and O–H groups in total. The van der Waals surface area contributed by atoms with Gasteiger partial charge in [0.05, 0.1) is 0 Å². The molecule has 0 aliphatic heterocycles. The Balaban J connectivity index is 2.54. The van der Waals surface area contributed by atoms with E-state index in [4.69, 9.17) is 5.73 Å². The normalized spacial score (nSPS) is 13.7. The van der Waals surface area contributed by atoms with E-state index in [1.807, 2.05) is 19.1 Å². The fourth-order valence-electron chi connectivity index (χ4n) is 1.46. The van der Waals surface area contributed by atoms with Gasteiger partial charge in [-0.25, -0.2) is 0 Å². The molecule has 0 fully saturated rings. The van der Waals surface area contributed by atoms with Crippen molar-refractivity contribution in [2.75, 3.05) is 5.75 Å². The van der Waals surface area contributed by atoms with Crippen LogP contribution < -0.4 is 5.73 Å². The molecule has 1 unspecified atom stereocenters. The van der Waals surface area contributed by atoms with Crippen molar-refractivity contribution in [2.45, 2.75) is 36.9 Å². The van der Waals surface area contributed by atoms with Crippen molar-refractivity contribution in [3.63, 3.8) is 0 Å². The van der Waals surface area contributed by atoms with Gasteiger partial charge in [0.2, 0.25) is 0 Å². The lowest BCUT2D eigenvalue weighted by Crippen LogP contribution is -2.15. The van der Waals surface area contributed by atoms with Crippen LogP contribution in [0.4, 0.5) is 13.2 Å². The molecule has 0 bridgehead atoms. The number of nitrogens with two attached hydrogens (primary N) is 1. The van der Waals surface area contributed by atoms with Crippen LogP contribution in [-0.2, 0) is 0 Å². The Kier molecular flexibility index (Phi) is 5.33. The molecule has 1 atom stereocenters. The maximum atomic E-state index is 12.0. The van der Waals surface area contributed by atoms with Crippen molar-refractivity contribution in [1.29, 1.82) is 0 Å². The zero-order valence-electron chi connectivity index (χ0n) is 9.63. The van der Waals surface area contributed by atoms with E-state index in [9.17, 15) is 13.2 Å². The number of benzene rings is 1. The van der Waals surface area contributed by atoms with Gasteiger partial charge in [0.15, 0.2) is 0 Å². The predicted molar refractivity (Wildman–Crippen MR) is 65.1 cm³/mol. The van der Waals surface area contributed by atoms with Crippen molar-refractivity contribution in [1.82, 2.24) is 0 Å². The van der Waals surface area contributed by atoms with Gasteiger partial charge in [-0.15, -0.1) is 11.8 Å². The number of alkyl halides is 3. The van der Waals surface area contributed by atoms with Crippen LogP contribution in [0.2, 0.25) is 0 Å². The van der Waals surface area contributed by atoms with Crippen molar-refractivity contribution < 1.29 is 13.2 Å². The highest BCUT2D eigenvalue weighted by Gasteiger charge is 2.27. The van der Waals surface area contributed by atoms with Gasteiger partial charge >= 0.3 is 6.18 Å². The van der Waals surface area contributed by atoms with Gasteiger partial charge in [-0.2, -0.15) is 13.2 Å². The number of rotatable bonds is 5. The molecule has 1 nitrogen and oxygen atoms in total. The summed E-state index contributed by atoms with van der Waals surface area (Å²) in [7, 11) is 0. The number of hydrogen-bond acceptors (Lipinski definition) is 2. The first-order valence-electron chi connectivity index (χ1n) is 5.47. The van der Waals surface area contributed by atoms with Gasteiger partial charge in [-0.05, 0) is 29.9 Å². The minimum atomic E-state index is -4.13. The lowest BCUT2D eigenvalue weighted by molar-refractivity contribution is -0.136. The Morgan fingerprint density at radius 1 is 1.24 bits per heavy atom. The van der Waals surface area contributed by atoms with Crippen molar-refractivity contribution in [2.24, 2.45) is 5.73 Å². The summed E-state index contributed by atoms with van der Waals surface area (Å²) in [6.45, 7) is 2.05. The Labute approximate surface area is 104 Å². The van der Waals surface area contributed by atoms with Crippen LogP contribution in [0.25, 0.3) is 0 Å². The highest BCUT2D eigenvalue weighted by atomic mass is 32.2. The zero-order chi connectivity index (χ0) is 12.9. The maximum Gasteiger partial charge on any atom is 0.389 e. The second kappa shape index (κ2) is 6.31. The Bertz CT molecular complexity index is 335. The van der Waals surface area contributed by atoms with Crippen molar-refractivity contribution in [3.05, 3.63) is 29.8 Å². The van der Waals surface area contributed by atoms with Crippen LogP contribution >= 0.6 is 11.8 Å². The molecular formula is C12H16F3NS. The quantitative estimate of drug-likeness (QED) is 0.808. The third-order valence-corrected chi connectivity index (χ3v) is 3.25. The first kappa shape index (κ1) is 14.4. The van der Waals surface area contributed by atoms with Gasteiger partial charge in [0, 0.05) is 17.4 Å². The second-order valence-electron chi connectivity index (χ2n) is 3.76. The summed E-state index contributed by atoms with van der Waals surface area (Å²) in [5.74, 6) is 0.972. The molecule has 96 valence electrons. The van der Waals surface area contributed by atoms with Gasteiger partial charge in [-0.1, -0.05) is 19.1 Å². The minimum Gasteiger partial charge on any atom is -0.324 e. The summed E-state index contributed by atoms with van der Waals surface area (Å²) in [6, 6.07) is 6.86. The first-order valence-corrected chi connectivity index (χ1v) is 6.46. The molecule has 0 aromatic heterocycles. The van der Waals surface area contributed by atoms with Crippen LogP contribution in [0.5, 0.6) is 0 Å². The minimum absolute atomic E-state index is 0.0657. The summed E-state index contributed by atoms with van der Waals surface area (Å²) >= 11 is 1.69. The van der Waals surface area contributed by atoms with Crippen LogP contribution in [0.15, 0.2) is 29.2 Å². The fraction of sp³-hybridized carbons (Fsp3) is 0.500. The highest BCUT2D eigenvalue weighted by Crippen LogP contribution is 2.27. The zero-order valence-corrected chi connectivity index (χ0v) is 10.4. The van der Waals surface area contributed by atoms with E-state index in [1.165, 1.54) is 0 Å². The molecule has 0 aliphatic carbocycles. The molecule has 0 saturated heterocycles. The van der Waals surface area contributed by atoms with E-state index in [1.54, 1.807) is 23.9 Å². The second-order valence-corrected chi connectivity index (χ2v) is 5.10. The fourth-order valence-corrected chi connectivity index (χ4v) is 2.13.